The maximum atomic E-state index is 6.67. The molecule has 0 saturated heterocycles. The van der Waals surface area contributed by atoms with Gasteiger partial charge in [0.15, 0.2) is 0 Å². The van der Waals surface area contributed by atoms with Crippen LogP contribution in [0.4, 0.5) is 11.6 Å². The maximum absolute atomic E-state index is 6.67. The smallest absolute Gasteiger partial charge is 0.226 e. The zero-order valence-corrected chi connectivity index (χ0v) is 19.8. The van der Waals surface area contributed by atoms with Crippen LogP contribution in [0.25, 0.3) is 5.70 Å². The van der Waals surface area contributed by atoms with E-state index in [1.165, 1.54) is 0 Å². The molecule has 1 N–H and O–H groups in total. The minimum absolute atomic E-state index is 0.154. The predicted molar refractivity (Wildman–Crippen MR) is 133 cm³/mol. The number of para-hydroxylation sites is 1. The van der Waals surface area contributed by atoms with Crippen LogP contribution < -0.4 is 15.0 Å². The van der Waals surface area contributed by atoms with E-state index in [1.54, 1.807) is 6.33 Å². The number of hydrogen-bond acceptors (Lipinski definition) is 5. The zero-order chi connectivity index (χ0) is 22.5. The number of nitrogens with zero attached hydrogens (tertiary/aromatic N) is 4. The summed E-state index contributed by atoms with van der Waals surface area (Å²) in [6.07, 6.45) is 1.32. The molecule has 2 atom stereocenters. The van der Waals surface area contributed by atoms with E-state index in [9.17, 15) is 0 Å². The Morgan fingerprint density at radius 3 is 2.42 bits per heavy atom. The van der Waals surface area contributed by atoms with Gasteiger partial charge in [-0.05, 0) is 47.5 Å². The molecule has 1 aromatic heterocycles. The molecule has 33 heavy (non-hydrogen) atoms. The number of hydrogen-bond donors (Lipinski definition) is 1. The van der Waals surface area contributed by atoms with Gasteiger partial charge >= 0.3 is 0 Å². The van der Waals surface area contributed by atoms with Crippen molar-refractivity contribution in [1.29, 1.82) is 0 Å². The van der Waals surface area contributed by atoms with Crippen molar-refractivity contribution < 1.29 is 4.74 Å². The molecule has 2 aliphatic heterocycles. The van der Waals surface area contributed by atoms with E-state index in [2.05, 4.69) is 90.8 Å². The molecule has 4 aromatic rings. The van der Waals surface area contributed by atoms with Crippen LogP contribution in [-0.2, 0) is 0 Å². The lowest BCUT2D eigenvalue weighted by Crippen LogP contribution is -2.32. The first-order chi connectivity index (χ1) is 16.1. The lowest BCUT2D eigenvalue weighted by molar-refractivity contribution is 0.223. The molecule has 7 heteroatoms. The molecule has 164 valence electrons. The Kier molecular flexibility index (Phi) is 4.73. The number of halogens is 1. The molecule has 0 radical (unpaired) electrons. The molecule has 6 rings (SSSR count). The lowest BCUT2D eigenvalue weighted by atomic mass is 9.84. The van der Waals surface area contributed by atoms with Gasteiger partial charge in [0.05, 0.1) is 5.70 Å². The van der Waals surface area contributed by atoms with Crippen LogP contribution in [-0.4, -0.2) is 28.9 Å². The van der Waals surface area contributed by atoms with Crippen molar-refractivity contribution in [2.45, 2.75) is 12.1 Å². The number of anilines is 2. The number of benzene rings is 3. The highest BCUT2D eigenvalue weighted by Crippen LogP contribution is 2.50. The van der Waals surface area contributed by atoms with Crippen LogP contribution in [0.5, 0.6) is 5.75 Å². The average molecular weight is 500 g/mol. The molecule has 3 heterocycles. The third-order valence-corrected chi connectivity index (χ3v) is 6.75. The normalized spacial score (nSPS) is 18.5. The topological polar surface area (TPSA) is 55.2 Å². The van der Waals surface area contributed by atoms with E-state index in [4.69, 9.17) is 4.74 Å². The number of fused-ring (bicyclic) bond motifs is 3. The minimum Gasteiger partial charge on any atom is -0.480 e. The number of nitrogens with one attached hydrogen (secondary N) is 1. The van der Waals surface area contributed by atoms with Gasteiger partial charge in [0, 0.05) is 35.4 Å². The average Bonchev–Trinajstić information content (AvgIpc) is 3.31. The van der Waals surface area contributed by atoms with Crippen molar-refractivity contribution in [2.75, 3.05) is 24.3 Å². The standard InChI is InChI=1S/C26H22BrN5O/c1-31(2)19-13-9-17(10-14-19)25-22-23(20-5-3-4-6-21(20)33-25)30-26-28-15-29-32(26)24(22)16-7-11-18(27)12-8-16/h3-15,24-25H,1-2H3,(H,28,29,30)/t24-,25+/m1/s1. The number of ether oxygens (including phenoxy) is 1. The first-order valence-electron chi connectivity index (χ1n) is 10.8. The summed E-state index contributed by atoms with van der Waals surface area (Å²) < 4.78 is 9.65. The largest absolute Gasteiger partial charge is 0.480 e. The third kappa shape index (κ3) is 3.31. The second kappa shape index (κ2) is 7.78. The van der Waals surface area contributed by atoms with E-state index in [0.717, 1.165) is 49.8 Å². The van der Waals surface area contributed by atoms with E-state index >= 15 is 0 Å². The minimum atomic E-state index is -0.274. The summed E-state index contributed by atoms with van der Waals surface area (Å²) in [5, 5.41) is 8.13. The predicted octanol–water partition coefficient (Wildman–Crippen LogP) is 5.67. The number of rotatable bonds is 3. The molecule has 0 saturated carbocycles. The van der Waals surface area contributed by atoms with Crippen LogP contribution in [0.3, 0.4) is 0 Å². The fraction of sp³-hybridized carbons (Fsp3) is 0.154. The van der Waals surface area contributed by atoms with Gasteiger partial charge in [-0.1, -0.05) is 52.3 Å². The van der Waals surface area contributed by atoms with Gasteiger partial charge in [-0.3, -0.25) is 0 Å². The highest BCUT2D eigenvalue weighted by atomic mass is 79.9. The molecule has 6 nitrogen and oxygen atoms in total. The van der Waals surface area contributed by atoms with Gasteiger partial charge in [-0.2, -0.15) is 10.1 Å². The molecule has 3 aromatic carbocycles. The first kappa shape index (κ1) is 20.1. The van der Waals surface area contributed by atoms with Crippen LogP contribution >= 0.6 is 15.9 Å². The van der Waals surface area contributed by atoms with Crippen molar-refractivity contribution in [3.05, 3.63) is 106 Å². The first-order valence-corrected chi connectivity index (χ1v) is 11.6. The fourth-order valence-electron chi connectivity index (χ4n) is 4.61. The molecule has 0 bridgehead atoms. The van der Waals surface area contributed by atoms with Gasteiger partial charge in [0.2, 0.25) is 5.95 Å². The Morgan fingerprint density at radius 2 is 1.67 bits per heavy atom. The monoisotopic (exact) mass is 499 g/mol. The van der Waals surface area contributed by atoms with Crippen LogP contribution in [0.15, 0.2) is 89.2 Å². The van der Waals surface area contributed by atoms with E-state index < -0.39 is 0 Å². The van der Waals surface area contributed by atoms with E-state index in [-0.39, 0.29) is 12.1 Å². The molecule has 0 amide bonds. The van der Waals surface area contributed by atoms with Crippen molar-refractivity contribution in [3.63, 3.8) is 0 Å². The van der Waals surface area contributed by atoms with Crippen molar-refractivity contribution in [1.82, 2.24) is 14.8 Å². The Balaban J connectivity index is 1.58. The van der Waals surface area contributed by atoms with Crippen molar-refractivity contribution in [3.8, 4) is 5.75 Å². The lowest BCUT2D eigenvalue weighted by Gasteiger charge is -2.39. The van der Waals surface area contributed by atoms with E-state index in [1.807, 2.05) is 37.0 Å². The second-order valence-electron chi connectivity index (χ2n) is 8.42. The molecule has 0 spiro atoms. The molecule has 2 aliphatic rings. The fourth-order valence-corrected chi connectivity index (χ4v) is 4.87. The van der Waals surface area contributed by atoms with Gasteiger partial charge < -0.3 is 15.0 Å². The summed E-state index contributed by atoms with van der Waals surface area (Å²) in [7, 11) is 4.09. The van der Waals surface area contributed by atoms with Gasteiger partial charge in [0.1, 0.15) is 24.2 Å². The second-order valence-corrected chi connectivity index (χ2v) is 9.33. The quantitative estimate of drug-likeness (QED) is 0.393. The molecular formula is C26H22BrN5O. The molecule has 0 unspecified atom stereocenters. The summed E-state index contributed by atoms with van der Waals surface area (Å²) in [6.45, 7) is 0. The Labute approximate surface area is 200 Å². The number of aromatic nitrogens is 3. The summed E-state index contributed by atoms with van der Waals surface area (Å²) >= 11 is 3.56. The van der Waals surface area contributed by atoms with Crippen LogP contribution in [0.2, 0.25) is 0 Å². The molecular weight excluding hydrogens is 478 g/mol. The van der Waals surface area contributed by atoms with Crippen LogP contribution in [0.1, 0.15) is 28.8 Å². The highest BCUT2D eigenvalue weighted by Gasteiger charge is 2.40. The molecule has 0 fully saturated rings. The SMILES string of the molecule is CN(C)c1ccc([C@@H]2Oc3ccccc3C3=C2[C@@H](c2ccc(Br)cc2)n2ncnc2N3)cc1. The summed E-state index contributed by atoms with van der Waals surface area (Å²) in [6, 6.07) is 24.9. The molecule has 0 aliphatic carbocycles. The van der Waals surface area contributed by atoms with Crippen molar-refractivity contribution >= 4 is 33.3 Å². The van der Waals surface area contributed by atoms with Gasteiger partial charge in [-0.25, -0.2) is 4.68 Å². The van der Waals surface area contributed by atoms with Gasteiger partial charge in [0.25, 0.3) is 0 Å². The Hall–Kier alpha value is -3.58. The Morgan fingerprint density at radius 1 is 0.939 bits per heavy atom. The zero-order valence-electron chi connectivity index (χ0n) is 18.2. The third-order valence-electron chi connectivity index (χ3n) is 6.22. The van der Waals surface area contributed by atoms with E-state index in [0.29, 0.717) is 0 Å². The maximum Gasteiger partial charge on any atom is 0.226 e. The highest BCUT2D eigenvalue weighted by molar-refractivity contribution is 9.10. The summed E-state index contributed by atoms with van der Waals surface area (Å²) in [5.41, 5.74) is 6.55. The van der Waals surface area contributed by atoms with Crippen molar-refractivity contribution in [2.24, 2.45) is 0 Å². The van der Waals surface area contributed by atoms with Gasteiger partial charge in [-0.15, -0.1) is 0 Å². The van der Waals surface area contributed by atoms with Crippen LogP contribution in [0, 0.1) is 0 Å². The summed E-state index contributed by atoms with van der Waals surface area (Å²) in [4.78, 5) is 6.59. The summed E-state index contributed by atoms with van der Waals surface area (Å²) in [5.74, 6) is 1.58. The Bertz CT molecular complexity index is 1360.